The molecule has 0 unspecified atom stereocenters. The lowest BCUT2D eigenvalue weighted by molar-refractivity contribution is -0.121. The third-order valence-corrected chi connectivity index (χ3v) is 1.66. The zero-order valence-corrected chi connectivity index (χ0v) is 6.52. The van der Waals surface area contributed by atoms with Gasteiger partial charge >= 0.3 is 0 Å². The minimum atomic E-state index is 0.00602. The van der Waals surface area contributed by atoms with Gasteiger partial charge in [-0.1, -0.05) is 6.92 Å². The van der Waals surface area contributed by atoms with Crippen molar-refractivity contribution in [3.05, 3.63) is 0 Å². The molecule has 1 atom stereocenters. The Bertz CT molecular complexity index is 179. The Morgan fingerprint density at radius 3 is 3.00 bits per heavy atom. The summed E-state index contributed by atoms with van der Waals surface area (Å²) >= 11 is 0. The van der Waals surface area contributed by atoms with E-state index in [-0.39, 0.29) is 17.9 Å². The standard InChI is InChI=1S/C7H12N2O2/c1-2-6(10)9-5-3-7(11)8-4-5/h5H,2-4H2,1H3,(H,8,11)(H,9,10)/t5-/m0/s1. The molecule has 0 aliphatic carbocycles. The van der Waals surface area contributed by atoms with Crippen LogP contribution in [0.4, 0.5) is 0 Å². The molecule has 4 nitrogen and oxygen atoms in total. The summed E-state index contributed by atoms with van der Waals surface area (Å²) in [5, 5.41) is 5.38. The largest absolute Gasteiger partial charge is 0.354 e. The highest BCUT2D eigenvalue weighted by Crippen LogP contribution is 1.98. The summed E-state index contributed by atoms with van der Waals surface area (Å²) in [5.74, 6) is 0.0258. The number of rotatable bonds is 2. The highest BCUT2D eigenvalue weighted by atomic mass is 16.2. The predicted molar refractivity (Wildman–Crippen MR) is 39.8 cm³/mol. The molecule has 2 amide bonds. The maximum absolute atomic E-state index is 10.8. The SMILES string of the molecule is CCC(=O)N[C@@H]1CNC(=O)C1. The van der Waals surface area contributed by atoms with Crippen LogP contribution in [0.3, 0.4) is 0 Å². The first-order valence-electron chi connectivity index (χ1n) is 3.78. The van der Waals surface area contributed by atoms with Crippen LogP contribution in [0.1, 0.15) is 19.8 Å². The van der Waals surface area contributed by atoms with Gasteiger partial charge in [-0.15, -0.1) is 0 Å². The topological polar surface area (TPSA) is 58.2 Å². The summed E-state index contributed by atoms with van der Waals surface area (Å²) in [7, 11) is 0. The van der Waals surface area contributed by atoms with Crippen molar-refractivity contribution < 1.29 is 9.59 Å². The minimum Gasteiger partial charge on any atom is -0.354 e. The Morgan fingerprint density at radius 1 is 1.82 bits per heavy atom. The van der Waals surface area contributed by atoms with Crippen LogP contribution in [0.15, 0.2) is 0 Å². The van der Waals surface area contributed by atoms with Gasteiger partial charge in [0.05, 0.1) is 6.04 Å². The van der Waals surface area contributed by atoms with Crippen molar-refractivity contribution in [1.29, 1.82) is 0 Å². The second-order valence-corrected chi connectivity index (χ2v) is 2.63. The van der Waals surface area contributed by atoms with E-state index in [4.69, 9.17) is 0 Å². The van der Waals surface area contributed by atoms with Gasteiger partial charge in [-0.25, -0.2) is 0 Å². The maximum Gasteiger partial charge on any atom is 0.222 e. The summed E-state index contributed by atoms with van der Waals surface area (Å²) in [4.78, 5) is 21.5. The third-order valence-electron chi connectivity index (χ3n) is 1.66. The Hall–Kier alpha value is -1.06. The van der Waals surface area contributed by atoms with Crippen molar-refractivity contribution in [1.82, 2.24) is 10.6 Å². The third kappa shape index (κ3) is 2.22. The molecule has 11 heavy (non-hydrogen) atoms. The predicted octanol–water partition coefficient (Wildman–Crippen LogP) is -0.599. The Labute approximate surface area is 65.3 Å². The van der Waals surface area contributed by atoms with E-state index in [1.165, 1.54) is 0 Å². The minimum absolute atomic E-state index is 0.00602. The summed E-state index contributed by atoms with van der Waals surface area (Å²) in [6.45, 7) is 2.37. The van der Waals surface area contributed by atoms with Gasteiger partial charge in [0.1, 0.15) is 0 Å². The molecule has 0 spiro atoms. The van der Waals surface area contributed by atoms with Crippen LogP contribution >= 0.6 is 0 Å². The van der Waals surface area contributed by atoms with Crippen LogP contribution in [-0.2, 0) is 9.59 Å². The molecule has 0 aromatic carbocycles. The summed E-state index contributed by atoms with van der Waals surface area (Å²) in [6, 6.07) is 0.00921. The quantitative estimate of drug-likeness (QED) is 0.561. The molecule has 62 valence electrons. The van der Waals surface area contributed by atoms with Crippen LogP contribution in [0.25, 0.3) is 0 Å². The first-order valence-corrected chi connectivity index (χ1v) is 3.78. The molecule has 0 saturated carbocycles. The molecule has 2 N–H and O–H groups in total. The fraction of sp³-hybridized carbons (Fsp3) is 0.714. The van der Waals surface area contributed by atoms with E-state index in [0.717, 1.165) is 0 Å². The number of nitrogens with one attached hydrogen (secondary N) is 2. The van der Waals surface area contributed by atoms with Crippen LogP contribution in [0, 0.1) is 0 Å². The zero-order valence-electron chi connectivity index (χ0n) is 6.52. The molecule has 4 heteroatoms. The second kappa shape index (κ2) is 3.37. The molecule has 0 aromatic heterocycles. The van der Waals surface area contributed by atoms with Gasteiger partial charge in [-0.05, 0) is 0 Å². The van der Waals surface area contributed by atoms with Gasteiger partial charge in [-0.3, -0.25) is 9.59 Å². The number of amides is 2. The van der Waals surface area contributed by atoms with Crippen molar-refractivity contribution >= 4 is 11.8 Å². The van der Waals surface area contributed by atoms with Gasteiger partial charge < -0.3 is 10.6 Å². The highest BCUT2D eigenvalue weighted by molar-refractivity contribution is 5.81. The van der Waals surface area contributed by atoms with Gasteiger partial charge in [0.25, 0.3) is 0 Å². The van der Waals surface area contributed by atoms with Crippen LogP contribution in [0.5, 0.6) is 0 Å². The Morgan fingerprint density at radius 2 is 2.55 bits per heavy atom. The lowest BCUT2D eigenvalue weighted by Crippen LogP contribution is -2.35. The van der Waals surface area contributed by atoms with E-state index in [2.05, 4.69) is 10.6 Å². The molecule has 1 rings (SSSR count). The van der Waals surface area contributed by atoms with Crippen LogP contribution in [-0.4, -0.2) is 24.4 Å². The number of carbonyl (C=O) groups excluding carboxylic acids is 2. The van der Waals surface area contributed by atoms with Gasteiger partial charge in [0.15, 0.2) is 0 Å². The molecule has 1 heterocycles. The molecule has 1 aliphatic heterocycles. The van der Waals surface area contributed by atoms with E-state index in [0.29, 0.717) is 19.4 Å². The molecule has 0 radical (unpaired) electrons. The molecule has 1 aliphatic rings. The van der Waals surface area contributed by atoms with Crippen molar-refractivity contribution in [2.45, 2.75) is 25.8 Å². The summed E-state index contributed by atoms with van der Waals surface area (Å²) in [5.41, 5.74) is 0. The van der Waals surface area contributed by atoms with Crippen molar-refractivity contribution in [3.8, 4) is 0 Å². The monoisotopic (exact) mass is 156 g/mol. The summed E-state index contributed by atoms with van der Waals surface area (Å²) in [6.07, 6.45) is 0.899. The van der Waals surface area contributed by atoms with Gasteiger partial charge in [-0.2, -0.15) is 0 Å². The molecular weight excluding hydrogens is 144 g/mol. The average molecular weight is 156 g/mol. The lowest BCUT2D eigenvalue weighted by Gasteiger charge is -2.07. The molecule has 0 bridgehead atoms. The Balaban J connectivity index is 2.28. The molecular formula is C7H12N2O2. The fourth-order valence-corrected chi connectivity index (χ4v) is 1.04. The highest BCUT2D eigenvalue weighted by Gasteiger charge is 2.21. The van der Waals surface area contributed by atoms with E-state index >= 15 is 0 Å². The van der Waals surface area contributed by atoms with E-state index in [1.807, 2.05) is 0 Å². The average Bonchev–Trinajstić information content (AvgIpc) is 2.35. The van der Waals surface area contributed by atoms with Crippen LogP contribution < -0.4 is 10.6 Å². The first kappa shape index (κ1) is 8.04. The first-order chi connectivity index (χ1) is 5.22. The van der Waals surface area contributed by atoms with Gasteiger partial charge in [0.2, 0.25) is 11.8 Å². The molecule has 0 aromatic rings. The van der Waals surface area contributed by atoms with E-state index < -0.39 is 0 Å². The van der Waals surface area contributed by atoms with E-state index in [1.54, 1.807) is 6.92 Å². The smallest absolute Gasteiger partial charge is 0.222 e. The Kier molecular flexibility index (Phi) is 2.46. The number of hydrogen-bond donors (Lipinski definition) is 2. The maximum atomic E-state index is 10.8. The fourth-order valence-electron chi connectivity index (χ4n) is 1.04. The normalized spacial score (nSPS) is 23.0. The van der Waals surface area contributed by atoms with E-state index in [9.17, 15) is 9.59 Å². The van der Waals surface area contributed by atoms with Crippen LogP contribution in [0.2, 0.25) is 0 Å². The number of hydrogen-bond acceptors (Lipinski definition) is 2. The second-order valence-electron chi connectivity index (χ2n) is 2.63. The lowest BCUT2D eigenvalue weighted by atomic mass is 10.2. The molecule has 1 saturated heterocycles. The summed E-state index contributed by atoms with van der Waals surface area (Å²) < 4.78 is 0. The number of carbonyl (C=O) groups is 2. The molecule has 1 fully saturated rings. The van der Waals surface area contributed by atoms with Gasteiger partial charge in [0, 0.05) is 19.4 Å². The zero-order chi connectivity index (χ0) is 8.27. The van der Waals surface area contributed by atoms with Crippen molar-refractivity contribution in [3.63, 3.8) is 0 Å². The van der Waals surface area contributed by atoms with Crippen molar-refractivity contribution in [2.75, 3.05) is 6.54 Å². The van der Waals surface area contributed by atoms with Crippen molar-refractivity contribution in [2.24, 2.45) is 0 Å².